The highest BCUT2D eigenvalue weighted by Crippen LogP contribution is 2.14. The Morgan fingerprint density at radius 1 is 1.35 bits per heavy atom. The van der Waals surface area contributed by atoms with Crippen LogP contribution in [-0.2, 0) is 4.79 Å². The summed E-state index contributed by atoms with van der Waals surface area (Å²) in [4.78, 5) is 11.8. The van der Waals surface area contributed by atoms with Gasteiger partial charge in [0.2, 0.25) is 5.91 Å². The molecule has 1 aliphatic heterocycles. The number of rotatable bonds is 2. The van der Waals surface area contributed by atoms with Crippen LogP contribution in [0.1, 0.15) is 19.3 Å². The Hall–Kier alpha value is -1.13. The summed E-state index contributed by atoms with van der Waals surface area (Å²) in [5, 5.41) is 5.73. The second-order valence-corrected chi connectivity index (χ2v) is 3.97. The fourth-order valence-corrected chi connectivity index (χ4v) is 1.86. The molecule has 0 saturated carbocycles. The normalized spacial score (nSPS) is 19.2. The van der Waals surface area contributed by atoms with Crippen molar-refractivity contribution in [2.75, 3.05) is 11.9 Å². The van der Waals surface area contributed by atoms with Crippen LogP contribution >= 0.6 is 12.4 Å². The maximum Gasteiger partial charge on any atom is 0.241 e. The lowest BCUT2D eigenvalue weighted by Gasteiger charge is -2.22. The fourth-order valence-electron chi connectivity index (χ4n) is 1.86. The van der Waals surface area contributed by atoms with E-state index < -0.39 is 5.82 Å². The minimum Gasteiger partial charge on any atom is -0.322 e. The molecular weight excluding hydrogens is 243 g/mol. The summed E-state index contributed by atoms with van der Waals surface area (Å²) < 4.78 is 13.3. The van der Waals surface area contributed by atoms with Gasteiger partial charge in [-0.15, -0.1) is 12.4 Å². The Labute approximate surface area is 106 Å². The van der Waals surface area contributed by atoms with Crippen molar-refractivity contribution in [2.24, 2.45) is 0 Å². The molecular formula is C12H16ClFN2O. The first-order valence-electron chi connectivity index (χ1n) is 5.56. The number of hydrogen-bond donors (Lipinski definition) is 2. The van der Waals surface area contributed by atoms with Crippen LogP contribution in [0.15, 0.2) is 24.3 Å². The van der Waals surface area contributed by atoms with E-state index >= 15 is 0 Å². The second-order valence-electron chi connectivity index (χ2n) is 3.97. The van der Waals surface area contributed by atoms with Gasteiger partial charge in [0, 0.05) is 0 Å². The molecule has 0 radical (unpaired) electrons. The number of halogens is 2. The SMILES string of the molecule is Cl.O=C(Nc1ccccc1F)C1CCCCN1. The maximum atomic E-state index is 13.3. The molecule has 1 heterocycles. The van der Waals surface area contributed by atoms with E-state index in [9.17, 15) is 9.18 Å². The third kappa shape index (κ3) is 3.68. The largest absolute Gasteiger partial charge is 0.322 e. The monoisotopic (exact) mass is 258 g/mol. The second kappa shape index (κ2) is 6.57. The van der Waals surface area contributed by atoms with Gasteiger partial charge in [0.1, 0.15) is 5.82 Å². The Balaban J connectivity index is 0.00000144. The van der Waals surface area contributed by atoms with E-state index in [-0.39, 0.29) is 30.0 Å². The number of carbonyl (C=O) groups excluding carboxylic acids is 1. The van der Waals surface area contributed by atoms with Crippen LogP contribution in [0.25, 0.3) is 0 Å². The molecule has 5 heteroatoms. The van der Waals surface area contributed by atoms with Crippen molar-refractivity contribution in [2.45, 2.75) is 25.3 Å². The summed E-state index contributed by atoms with van der Waals surface area (Å²) in [5.41, 5.74) is 0.250. The van der Waals surface area contributed by atoms with E-state index in [4.69, 9.17) is 0 Å². The lowest BCUT2D eigenvalue weighted by molar-refractivity contribution is -0.118. The number of hydrogen-bond acceptors (Lipinski definition) is 2. The smallest absolute Gasteiger partial charge is 0.241 e. The predicted octanol–water partition coefficient (Wildman–Crippen LogP) is 2.33. The Kier molecular flexibility index (Phi) is 5.38. The zero-order valence-corrected chi connectivity index (χ0v) is 10.2. The van der Waals surface area contributed by atoms with Gasteiger partial charge >= 0.3 is 0 Å². The Morgan fingerprint density at radius 3 is 2.76 bits per heavy atom. The third-order valence-electron chi connectivity index (χ3n) is 2.76. The molecule has 0 spiro atoms. The van der Waals surface area contributed by atoms with Crippen LogP contribution in [0.5, 0.6) is 0 Å². The van der Waals surface area contributed by atoms with Gasteiger partial charge in [-0.2, -0.15) is 0 Å². The molecule has 0 aromatic heterocycles. The molecule has 0 aliphatic carbocycles. The average Bonchev–Trinajstić information content (AvgIpc) is 2.33. The molecule has 2 rings (SSSR count). The van der Waals surface area contributed by atoms with Crippen molar-refractivity contribution >= 4 is 24.0 Å². The van der Waals surface area contributed by atoms with Crippen LogP contribution in [0.4, 0.5) is 10.1 Å². The Morgan fingerprint density at radius 2 is 2.12 bits per heavy atom. The molecule has 1 unspecified atom stereocenters. The highest BCUT2D eigenvalue weighted by molar-refractivity contribution is 5.94. The molecule has 3 nitrogen and oxygen atoms in total. The van der Waals surface area contributed by atoms with Gasteiger partial charge in [0.05, 0.1) is 11.7 Å². The minimum atomic E-state index is -0.397. The first-order valence-corrected chi connectivity index (χ1v) is 5.56. The van der Waals surface area contributed by atoms with Gasteiger partial charge in [-0.1, -0.05) is 18.6 Å². The molecule has 1 fully saturated rings. The summed E-state index contributed by atoms with van der Waals surface area (Å²) in [5.74, 6) is -0.545. The van der Waals surface area contributed by atoms with Gasteiger partial charge in [-0.3, -0.25) is 4.79 Å². The van der Waals surface area contributed by atoms with Crippen molar-refractivity contribution < 1.29 is 9.18 Å². The lowest BCUT2D eigenvalue weighted by Crippen LogP contribution is -2.43. The van der Waals surface area contributed by atoms with Gasteiger partial charge in [-0.05, 0) is 31.5 Å². The average molecular weight is 259 g/mol. The summed E-state index contributed by atoms with van der Waals surface area (Å²) in [6.45, 7) is 0.857. The molecule has 0 bridgehead atoms. The molecule has 1 aliphatic rings. The van der Waals surface area contributed by atoms with Crippen molar-refractivity contribution in [3.8, 4) is 0 Å². The van der Waals surface area contributed by atoms with Crippen LogP contribution in [-0.4, -0.2) is 18.5 Å². The molecule has 1 aromatic rings. The number of carbonyl (C=O) groups is 1. The van der Waals surface area contributed by atoms with Crippen LogP contribution in [0.3, 0.4) is 0 Å². The summed E-state index contributed by atoms with van der Waals surface area (Å²) in [6, 6.07) is 6.02. The number of amides is 1. The zero-order chi connectivity index (χ0) is 11.4. The van der Waals surface area contributed by atoms with Gasteiger partial charge in [0.15, 0.2) is 0 Å². The molecule has 1 aromatic carbocycles. The van der Waals surface area contributed by atoms with Gasteiger partial charge < -0.3 is 10.6 Å². The summed E-state index contributed by atoms with van der Waals surface area (Å²) in [6.07, 6.45) is 2.96. The Bertz CT molecular complexity index is 381. The maximum absolute atomic E-state index is 13.3. The lowest BCUT2D eigenvalue weighted by atomic mass is 10.0. The molecule has 17 heavy (non-hydrogen) atoms. The van der Waals surface area contributed by atoms with E-state index in [1.807, 2.05) is 0 Å². The van der Waals surface area contributed by atoms with Gasteiger partial charge in [-0.25, -0.2) is 4.39 Å². The van der Waals surface area contributed by atoms with Crippen molar-refractivity contribution in [3.63, 3.8) is 0 Å². The van der Waals surface area contributed by atoms with Gasteiger partial charge in [0.25, 0.3) is 0 Å². The first kappa shape index (κ1) is 13.9. The summed E-state index contributed by atoms with van der Waals surface area (Å²) in [7, 11) is 0. The number of benzene rings is 1. The molecule has 1 atom stereocenters. The van der Waals surface area contributed by atoms with E-state index in [2.05, 4.69) is 10.6 Å². The van der Waals surface area contributed by atoms with Crippen molar-refractivity contribution in [1.29, 1.82) is 0 Å². The number of anilines is 1. The number of nitrogens with one attached hydrogen (secondary N) is 2. The highest BCUT2D eigenvalue weighted by atomic mass is 35.5. The van der Waals surface area contributed by atoms with E-state index in [1.54, 1.807) is 18.2 Å². The van der Waals surface area contributed by atoms with Crippen LogP contribution in [0.2, 0.25) is 0 Å². The topological polar surface area (TPSA) is 41.1 Å². The van der Waals surface area contributed by atoms with Crippen LogP contribution in [0, 0.1) is 5.82 Å². The van der Waals surface area contributed by atoms with E-state index in [0.29, 0.717) is 0 Å². The van der Waals surface area contributed by atoms with E-state index in [0.717, 1.165) is 25.8 Å². The molecule has 1 amide bonds. The highest BCUT2D eigenvalue weighted by Gasteiger charge is 2.20. The third-order valence-corrected chi connectivity index (χ3v) is 2.76. The first-order chi connectivity index (χ1) is 7.77. The zero-order valence-electron chi connectivity index (χ0n) is 9.41. The van der Waals surface area contributed by atoms with Crippen molar-refractivity contribution in [1.82, 2.24) is 5.32 Å². The quantitative estimate of drug-likeness (QED) is 0.855. The number of para-hydroxylation sites is 1. The predicted molar refractivity (Wildman–Crippen MR) is 67.9 cm³/mol. The fraction of sp³-hybridized carbons (Fsp3) is 0.417. The molecule has 1 saturated heterocycles. The molecule has 2 N–H and O–H groups in total. The van der Waals surface area contributed by atoms with Crippen LogP contribution < -0.4 is 10.6 Å². The minimum absolute atomic E-state index is 0. The molecule has 94 valence electrons. The number of piperidine rings is 1. The van der Waals surface area contributed by atoms with E-state index in [1.165, 1.54) is 6.07 Å². The van der Waals surface area contributed by atoms with Crippen molar-refractivity contribution in [3.05, 3.63) is 30.1 Å². The summed E-state index contributed by atoms with van der Waals surface area (Å²) >= 11 is 0. The standard InChI is InChI=1S/C12H15FN2O.ClH/c13-9-5-1-2-6-10(9)15-12(16)11-7-3-4-8-14-11;/h1-2,5-6,11,14H,3-4,7-8H2,(H,15,16);1H.